The van der Waals surface area contributed by atoms with Crippen LogP contribution in [0.4, 0.5) is 0 Å². The van der Waals surface area contributed by atoms with Gasteiger partial charge in [-0.25, -0.2) is 0 Å². The van der Waals surface area contributed by atoms with Crippen molar-refractivity contribution in [1.29, 1.82) is 0 Å². The van der Waals surface area contributed by atoms with Crippen molar-refractivity contribution in [3.05, 3.63) is 66.7 Å². The van der Waals surface area contributed by atoms with Gasteiger partial charge in [-0.15, -0.1) is 0 Å². The maximum absolute atomic E-state index is 8.83. The molecule has 0 unspecified atom stereocenters. The molecular weight excluding hydrogens is 291 g/mol. The molecule has 4 aromatic rings. The van der Waals surface area contributed by atoms with E-state index < -0.39 is 7.32 Å². The van der Waals surface area contributed by atoms with Crippen molar-refractivity contribution >= 4 is 29.3 Å². The van der Waals surface area contributed by atoms with Gasteiger partial charge in [0.15, 0.2) is 0 Å². The van der Waals surface area contributed by atoms with E-state index in [0.29, 0.717) is 5.75 Å². The predicted molar refractivity (Wildman–Crippen MR) is 90.0 cm³/mol. The Balaban J connectivity index is 1.85. The molecule has 0 aliphatic heterocycles. The Morgan fingerprint density at radius 2 is 1.52 bits per heavy atom. The third-order valence-corrected chi connectivity index (χ3v) is 3.81. The minimum atomic E-state index is -1.82. The quantitative estimate of drug-likeness (QED) is 0.568. The summed E-state index contributed by atoms with van der Waals surface area (Å²) in [5, 5.41) is 19.8. The second kappa shape index (κ2) is 5.46. The second-order valence-corrected chi connectivity index (χ2v) is 5.25. The number of hydrogen-bond acceptors (Lipinski definition) is 4. The number of hydrogen-bond donors (Lipinski definition) is 2. The van der Waals surface area contributed by atoms with Gasteiger partial charge in [-0.2, -0.15) is 0 Å². The third kappa shape index (κ3) is 2.46. The SMILES string of the molecule is OB(O)Oc1ccc(-c2cccc3c2oc2ccccc23)cc1. The Kier molecular flexibility index (Phi) is 3.30. The fourth-order valence-electron chi connectivity index (χ4n) is 2.81. The Morgan fingerprint density at radius 3 is 2.30 bits per heavy atom. The van der Waals surface area contributed by atoms with Crippen LogP contribution in [-0.2, 0) is 0 Å². The molecule has 0 fully saturated rings. The predicted octanol–water partition coefficient (Wildman–Crippen LogP) is 3.60. The van der Waals surface area contributed by atoms with Gasteiger partial charge >= 0.3 is 7.32 Å². The van der Waals surface area contributed by atoms with Gasteiger partial charge in [-0.05, 0) is 23.8 Å². The molecule has 2 N–H and O–H groups in total. The van der Waals surface area contributed by atoms with Crippen molar-refractivity contribution in [3.8, 4) is 16.9 Å². The first-order valence-electron chi connectivity index (χ1n) is 7.26. The van der Waals surface area contributed by atoms with Crippen molar-refractivity contribution in [3.63, 3.8) is 0 Å². The number of benzene rings is 3. The van der Waals surface area contributed by atoms with E-state index in [1.807, 2.05) is 54.6 Å². The first kappa shape index (κ1) is 13.9. The molecule has 0 atom stereocenters. The summed E-state index contributed by atoms with van der Waals surface area (Å²) >= 11 is 0. The Labute approximate surface area is 132 Å². The zero-order valence-electron chi connectivity index (χ0n) is 12.1. The molecule has 0 saturated carbocycles. The van der Waals surface area contributed by atoms with Crippen LogP contribution in [0.3, 0.4) is 0 Å². The zero-order chi connectivity index (χ0) is 15.8. The largest absolute Gasteiger partial charge is 0.707 e. The molecule has 5 heteroatoms. The average molecular weight is 304 g/mol. The normalized spacial score (nSPS) is 11.0. The molecule has 1 aromatic heterocycles. The molecule has 3 aromatic carbocycles. The lowest BCUT2D eigenvalue weighted by Crippen LogP contribution is -2.20. The fourth-order valence-corrected chi connectivity index (χ4v) is 2.81. The van der Waals surface area contributed by atoms with Crippen LogP contribution in [0.25, 0.3) is 33.1 Å². The zero-order valence-corrected chi connectivity index (χ0v) is 12.1. The van der Waals surface area contributed by atoms with Gasteiger partial charge in [-0.1, -0.05) is 48.5 Å². The minimum absolute atomic E-state index is 0.389. The molecule has 4 rings (SSSR count). The lowest BCUT2D eigenvalue weighted by Gasteiger charge is -2.06. The summed E-state index contributed by atoms with van der Waals surface area (Å²) in [6.45, 7) is 0. The van der Waals surface area contributed by atoms with Crippen molar-refractivity contribution < 1.29 is 19.1 Å². The maximum Gasteiger partial charge on any atom is 0.707 e. The van der Waals surface area contributed by atoms with Gasteiger partial charge in [0, 0.05) is 16.3 Å². The molecule has 0 aliphatic rings. The van der Waals surface area contributed by atoms with Crippen molar-refractivity contribution in [1.82, 2.24) is 0 Å². The van der Waals surface area contributed by atoms with E-state index in [2.05, 4.69) is 0 Å². The molecule has 0 amide bonds. The lowest BCUT2D eigenvalue weighted by atomic mass is 10.0. The minimum Gasteiger partial charge on any atom is -0.512 e. The maximum atomic E-state index is 8.83. The van der Waals surface area contributed by atoms with Crippen LogP contribution < -0.4 is 4.65 Å². The van der Waals surface area contributed by atoms with Crippen LogP contribution >= 0.6 is 0 Å². The summed E-state index contributed by atoms with van der Waals surface area (Å²) in [5.74, 6) is 0.389. The molecular formula is C18H13BO4. The van der Waals surface area contributed by atoms with Crippen LogP contribution in [0.1, 0.15) is 0 Å². The first-order chi connectivity index (χ1) is 11.2. The molecule has 112 valence electrons. The van der Waals surface area contributed by atoms with Crippen molar-refractivity contribution in [2.75, 3.05) is 0 Å². The van der Waals surface area contributed by atoms with E-state index in [-0.39, 0.29) is 0 Å². The summed E-state index contributed by atoms with van der Waals surface area (Å²) < 4.78 is 10.8. The number of fused-ring (bicyclic) bond motifs is 3. The van der Waals surface area contributed by atoms with Crippen molar-refractivity contribution in [2.24, 2.45) is 0 Å². The van der Waals surface area contributed by atoms with Crippen LogP contribution in [0.5, 0.6) is 5.75 Å². The first-order valence-corrected chi connectivity index (χ1v) is 7.26. The van der Waals surface area contributed by atoms with Gasteiger partial charge in [0.2, 0.25) is 0 Å². The Hall–Kier alpha value is -2.76. The molecule has 0 aliphatic carbocycles. The molecule has 1 heterocycles. The van der Waals surface area contributed by atoms with E-state index in [1.165, 1.54) is 0 Å². The Bertz CT molecular complexity index is 973. The average Bonchev–Trinajstić information content (AvgIpc) is 2.94. The summed E-state index contributed by atoms with van der Waals surface area (Å²) in [6, 6.07) is 21.1. The monoisotopic (exact) mass is 304 g/mol. The van der Waals surface area contributed by atoms with Gasteiger partial charge in [-0.3, -0.25) is 0 Å². The van der Waals surface area contributed by atoms with Crippen molar-refractivity contribution in [2.45, 2.75) is 0 Å². The van der Waals surface area contributed by atoms with E-state index in [9.17, 15) is 0 Å². The molecule has 4 nitrogen and oxygen atoms in total. The summed E-state index contributed by atoms with van der Waals surface area (Å²) in [6.07, 6.45) is 0. The van der Waals surface area contributed by atoms with E-state index in [4.69, 9.17) is 19.1 Å². The standard InChI is InChI=1S/C18H13BO4/c20-19(21)23-13-10-8-12(9-11-13)14-5-3-6-16-15-4-1-2-7-17(15)22-18(14)16/h1-11,20-21H. The number of rotatable bonds is 3. The molecule has 0 saturated heterocycles. The van der Waals surface area contributed by atoms with E-state index >= 15 is 0 Å². The summed E-state index contributed by atoms with van der Waals surface area (Å²) in [4.78, 5) is 0. The number of para-hydroxylation sites is 2. The van der Waals surface area contributed by atoms with Gasteiger partial charge in [0.1, 0.15) is 16.9 Å². The highest BCUT2D eigenvalue weighted by molar-refractivity contribution is 6.33. The van der Waals surface area contributed by atoms with Crippen LogP contribution in [0, 0.1) is 0 Å². The Morgan fingerprint density at radius 1 is 0.783 bits per heavy atom. The molecule has 0 radical (unpaired) electrons. The highest BCUT2D eigenvalue weighted by atomic mass is 16.6. The highest BCUT2D eigenvalue weighted by Gasteiger charge is 2.13. The highest BCUT2D eigenvalue weighted by Crippen LogP contribution is 2.35. The summed E-state index contributed by atoms with van der Waals surface area (Å²) in [5.41, 5.74) is 3.65. The fraction of sp³-hybridized carbons (Fsp3) is 0. The van der Waals surface area contributed by atoms with Crippen LogP contribution in [-0.4, -0.2) is 17.4 Å². The molecule has 23 heavy (non-hydrogen) atoms. The number of furan rings is 1. The van der Waals surface area contributed by atoms with Crippen LogP contribution in [0.15, 0.2) is 71.1 Å². The smallest absolute Gasteiger partial charge is 0.512 e. The second-order valence-electron chi connectivity index (χ2n) is 5.25. The summed E-state index contributed by atoms with van der Waals surface area (Å²) in [7, 11) is -1.82. The van der Waals surface area contributed by atoms with E-state index in [1.54, 1.807) is 12.1 Å². The van der Waals surface area contributed by atoms with Gasteiger partial charge < -0.3 is 19.1 Å². The lowest BCUT2D eigenvalue weighted by molar-refractivity contribution is 0.288. The van der Waals surface area contributed by atoms with Gasteiger partial charge in [0.25, 0.3) is 0 Å². The topological polar surface area (TPSA) is 62.8 Å². The molecule has 0 spiro atoms. The molecule has 0 bridgehead atoms. The third-order valence-electron chi connectivity index (χ3n) is 3.81. The van der Waals surface area contributed by atoms with Gasteiger partial charge in [0.05, 0.1) is 0 Å². The van der Waals surface area contributed by atoms with Crippen LogP contribution in [0.2, 0.25) is 0 Å². The van der Waals surface area contributed by atoms with E-state index in [0.717, 1.165) is 33.1 Å².